The SMILES string of the molecule is Cc1nc(NCC2CCOCC2)cc(=O)[nH]1. The van der Waals surface area contributed by atoms with Gasteiger partial charge in [0, 0.05) is 25.8 Å². The zero-order valence-electron chi connectivity index (χ0n) is 9.45. The number of H-pyrrole nitrogens is 1. The molecule has 1 aliphatic rings. The van der Waals surface area contributed by atoms with Crippen molar-refractivity contribution in [2.24, 2.45) is 5.92 Å². The summed E-state index contributed by atoms with van der Waals surface area (Å²) in [4.78, 5) is 18.0. The highest BCUT2D eigenvalue weighted by molar-refractivity contribution is 5.32. The number of nitrogens with zero attached hydrogens (tertiary/aromatic N) is 1. The van der Waals surface area contributed by atoms with E-state index in [1.54, 1.807) is 6.92 Å². The van der Waals surface area contributed by atoms with E-state index in [1.807, 2.05) is 0 Å². The van der Waals surface area contributed by atoms with Gasteiger partial charge in [-0.1, -0.05) is 0 Å². The van der Waals surface area contributed by atoms with Crippen LogP contribution in [0, 0.1) is 12.8 Å². The van der Waals surface area contributed by atoms with Crippen LogP contribution in [0.5, 0.6) is 0 Å². The normalized spacial score (nSPS) is 17.3. The summed E-state index contributed by atoms with van der Waals surface area (Å²) in [6, 6.07) is 1.49. The monoisotopic (exact) mass is 223 g/mol. The molecule has 0 saturated carbocycles. The van der Waals surface area contributed by atoms with Crippen LogP contribution in [0.15, 0.2) is 10.9 Å². The standard InChI is InChI=1S/C11H17N3O2/c1-8-13-10(6-11(15)14-8)12-7-9-2-4-16-5-3-9/h6,9H,2-5,7H2,1H3,(H2,12,13,14,15). The van der Waals surface area contributed by atoms with E-state index in [4.69, 9.17) is 4.74 Å². The number of aryl methyl sites for hydroxylation is 1. The fraction of sp³-hybridized carbons (Fsp3) is 0.636. The van der Waals surface area contributed by atoms with Crippen LogP contribution in [0.2, 0.25) is 0 Å². The Morgan fingerprint density at radius 1 is 1.56 bits per heavy atom. The average molecular weight is 223 g/mol. The van der Waals surface area contributed by atoms with E-state index in [2.05, 4.69) is 15.3 Å². The van der Waals surface area contributed by atoms with Crippen LogP contribution in [0.4, 0.5) is 5.82 Å². The van der Waals surface area contributed by atoms with Gasteiger partial charge in [0.2, 0.25) is 0 Å². The molecule has 1 saturated heterocycles. The maximum atomic E-state index is 11.2. The van der Waals surface area contributed by atoms with Gasteiger partial charge in [-0.15, -0.1) is 0 Å². The van der Waals surface area contributed by atoms with Gasteiger partial charge in [0.1, 0.15) is 11.6 Å². The van der Waals surface area contributed by atoms with Crippen molar-refractivity contribution in [2.45, 2.75) is 19.8 Å². The number of aromatic amines is 1. The number of nitrogens with one attached hydrogen (secondary N) is 2. The lowest BCUT2D eigenvalue weighted by Crippen LogP contribution is -2.23. The molecule has 0 radical (unpaired) electrons. The quantitative estimate of drug-likeness (QED) is 0.799. The Morgan fingerprint density at radius 3 is 3.00 bits per heavy atom. The molecule has 1 fully saturated rings. The molecule has 1 aromatic rings. The van der Waals surface area contributed by atoms with E-state index >= 15 is 0 Å². The van der Waals surface area contributed by atoms with Crippen molar-refractivity contribution in [3.8, 4) is 0 Å². The molecule has 5 heteroatoms. The van der Waals surface area contributed by atoms with Crippen LogP contribution in [0.3, 0.4) is 0 Å². The van der Waals surface area contributed by atoms with Crippen molar-refractivity contribution in [2.75, 3.05) is 25.1 Å². The highest BCUT2D eigenvalue weighted by Gasteiger charge is 2.13. The van der Waals surface area contributed by atoms with Crippen molar-refractivity contribution in [1.29, 1.82) is 0 Å². The van der Waals surface area contributed by atoms with Gasteiger partial charge in [-0.25, -0.2) is 4.98 Å². The molecule has 0 amide bonds. The second-order valence-electron chi connectivity index (χ2n) is 4.15. The lowest BCUT2D eigenvalue weighted by Gasteiger charge is -2.22. The first kappa shape index (κ1) is 11.1. The molecule has 2 heterocycles. The van der Waals surface area contributed by atoms with Gasteiger partial charge in [-0.3, -0.25) is 4.79 Å². The Morgan fingerprint density at radius 2 is 2.31 bits per heavy atom. The van der Waals surface area contributed by atoms with Gasteiger partial charge >= 0.3 is 0 Å². The zero-order valence-corrected chi connectivity index (χ0v) is 9.45. The molecule has 0 aromatic carbocycles. The summed E-state index contributed by atoms with van der Waals surface area (Å²) < 4.78 is 5.29. The topological polar surface area (TPSA) is 67.0 Å². The predicted octanol–water partition coefficient (Wildman–Crippen LogP) is 0.917. The lowest BCUT2D eigenvalue weighted by molar-refractivity contribution is 0.0699. The largest absolute Gasteiger partial charge is 0.381 e. The van der Waals surface area contributed by atoms with Crippen molar-refractivity contribution >= 4 is 5.82 Å². The third-order valence-electron chi connectivity index (χ3n) is 2.77. The molecule has 0 aliphatic carbocycles. The Kier molecular flexibility index (Phi) is 3.56. The molecular weight excluding hydrogens is 206 g/mol. The number of aromatic nitrogens is 2. The molecule has 2 rings (SSSR count). The maximum absolute atomic E-state index is 11.2. The fourth-order valence-corrected chi connectivity index (χ4v) is 1.87. The Balaban J connectivity index is 1.90. The molecule has 5 nitrogen and oxygen atoms in total. The van der Waals surface area contributed by atoms with Crippen LogP contribution in [0.25, 0.3) is 0 Å². The first-order valence-corrected chi connectivity index (χ1v) is 5.63. The second-order valence-corrected chi connectivity index (χ2v) is 4.15. The molecular formula is C11H17N3O2. The van der Waals surface area contributed by atoms with Gasteiger partial charge < -0.3 is 15.0 Å². The fourth-order valence-electron chi connectivity index (χ4n) is 1.87. The maximum Gasteiger partial charge on any atom is 0.252 e. The first-order valence-electron chi connectivity index (χ1n) is 5.63. The molecule has 0 atom stereocenters. The summed E-state index contributed by atoms with van der Waals surface area (Å²) >= 11 is 0. The first-order chi connectivity index (χ1) is 7.74. The summed E-state index contributed by atoms with van der Waals surface area (Å²) in [5, 5.41) is 3.21. The Bertz CT molecular complexity index is 396. The van der Waals surface area contributed by atoms with E-state index in [0.29, 0.717) is 17.6 Å². The van der Waals surface area contributed by atoms with E-state index in [0.717, 1.165) is 32.6 Å². The minimum atomic E-state index is -0.109. The van der Waals surface area contributed by atoms with Crippen molar-refractivity contribution in [3.05, 3.63) is 22.2 Å². The summed E-state index contributed by atoms with van der Waals surface area (Å²) in [5.41, 5.74) is -0.109. The van der Waals surface area contributed by atoms with Crippen LogP contribution in [-0.2, 0) is 4.74 Å². The molecule has 16 heavy (non-hydrogen) atoms. The van der Waals surface area contributed by atoms with Crippen LogP contribution < -0.4 is 10.9 Å². The second kappa shape index (κ2) is 5.12. The average Bonchev–Trinajstić information content (AvgIpc) is 2.27. The smallest absolute Gasteiger partial charge is 0.252 e. The van der Waals surface area contributed by atoms with Crippen molar-refractivity contribution in [3.63, 3.8) is 0 Å². The minimum absolute atomic E-state index is 0.109. The molecule has 2 N–H and O–H groups in total. The molecule has 1 aliphatic heterocycles. The Labute approximate surface area is 94.2 Å². The van der Waals surface area contributed by atoms with Crippen LogP contribution in [-0.4, -0.2) is 29.7 Å². The minimum Gasteiger partial charge on any atom is -0.381 e. The van der Waals surface area contributed by atoms with Gasteiger partial charge in [-0.05, 0) is 25.7 Å². The number of hydrogen-bond donors (Lipinski definition) is 2. The molecule has 1 aromatic heterocycles. The number of rotatable bonds is 3. The van der Waals surface area contributed by atoms with E-state index in [1.165, 1.54) is 6.07 Å². The Hall–Kier alpha value is -1.36. The van der Waals surface area contributed by atoms with Gasteiger partial charge in [0.05, 0.1) is 0 Å². The number of hydrogen-bond acceptors (Lipinski definition) is 4. The molecule has 88 valence electrons. The van der Waals surface area contributed by atoms with E-state index in [-0.39, 0.29) is 5.56 Å². The lowest BCUT2D eigenvalue weighted by atomic mass is 10.0. The predicted molar refractivity (Wildman–Crippen MR) is 61.6 cm³/mol. The highest BCUT2D eigenvalue weighted by Crippen LogP contribution is 2.14. The van der Waals surface area contributed by atoms with Crippen molar-refractivity contribution < 1.29 is 4.74 Å². The number of anilines is 1. The zero-order chi connectivity index (χ0) is 11.4. The third-order valence-corrected chi connectivity index (χ3v) is 2.77. The third kappa shape index (κ3) is 3.06. The van der Waals surface area contributed by atoms with Gasteiger partial charge in [0.25, 0.3) is 5.56 Å². The summed E-state index contributed by atoms with van der Waals surface area (Å²) in [6.07, 6.45) is 2.16. The summed E-state index contributed by atoms with van der Waals surface area (Å²) in [6.45, 7) is 4.32. The molecule has 0 spiro atoms. The molecule has 0 bridgehead atoms. The number of ether oxygens (including phenoxy) is 1. The van der Waals surface area contributed by atoms with E-state index in [9.17, 15) is 4.79 Å². The van der Waals surface area contributed by atoms with E-state index < -0.39 is 0 Å². The van der Waals surface area contributed by atoms with Crippen LogP contribution in [0.1, 0.15) is 18.7 Å². The summed E-state index contributed by atoms with van der Waals surface area (Å²) in [5.74, 6) is 1.92. The van der Waals surface area contributed by atoms with Gasteiger partial charge in [0.15, 0.2) is 0 Å². The van der Waals surface area contributed by atoms with Crippen LogP contribution >= 0.6 is 0 Å². The molecule has 0 unspecified atom stereocenters. The summed E-state index contributed by atoms with van der Waals surface area (Å²) in [7, 11) is 0. The van der Waals surface area contributed by atoms with Gasteiger partial charge in [-0.2, -0.15) is 0 Å². The highest BCUT2D eigenvalue weighted by atomic mass is 16.5. The van der Waals surface area contributed by atoms with Crippen molar-refractivity contribution in [1.82, 2.24) is 9.97 Å².